The van der Waals surface area contributed by atoms with Crippen LogP contribution in [0.3, 0.4) is 0 Å². The molecule has 8 heteroatoms. The Hall–Kier alpha value is -3.65. The first-order valence-electron chi connectivity index (χ1n) is 10.4. The van der Waals surface area contributed by atoms with Gasteiger partial charge in [-0.05, 0) is 43.5 Å². The van der Waals surface area contributed by atoms with Gasteiger partial charge in [-0.25, -0.2) is 8.42 Å². The molecule has 0 aliphatic heterocycles. The van der Waals surface area contributed by atoms with E-state index < -0.39 is 9.84 Å². The third-order valence-corrected chi connectivity index (χ3v) is 7.31. The highest BCUT2D eigenvalue weighted by Crippen LogP contribution is 2.33. The number of hydrogen-bond donors (Lipinski definition) is 1. The molecule has 0 atom stereocenters. The minimum absolute atomic E-state index is 0.00825. The van der Waals surface area contributed by atoms with Crippen LogP contribution in [0.5, 0.6) is 5.75 Å². The zero-order valence-corrected chi connectivity index (χ0v) is 19.4. The lowest BCUT2D eigenvalue weighted by Gasteiger charge is -2.12. The zero-order valence-electron chi connectivity index (χ0n) is 18.6. The van der Waals surface area contributed by atoms with Crippen molar-refractivity contribution in [3.8, 4) is 17.1 Å². The summed E-state index contributed by atoms with van der Waals surface area (Å²) in [7, 11) is -2.41. The Balaban J connectivity index is 1.55. The maximum Gasteiger partial charge on any atom is 0.225 e. The van der Waals surface area contributed by atoms with Crippen molar-refractivity contribution < 1.29 is 22.5 Å². The molecule has 0 bridgehead atoms. The van der Waals surface area contributed by atoms with E-state index in [1.165, 1.54) is 13.2 Å². The SMILES string of the molecule is COc1ccc(-c2onc(C)c2C)cc1S(=O)(=O)CCC(=O)Nc1cccc2ccccc12. The molecule has 3 aromatic carbocycles. The standard InChI is InChI=1S/C25H24N2O5S/c1-16-17(2)27-32-25(16)19-11-12-22(31-3)23(15-19)33(29,30)14-13-24(28)26-21-10-6-8-18-7-4-5-9-20(18)21/h4-12,15H,13-14H2,1-3H3,(H,26,28). The summed E-state index contributed by atoms with van der Waals surface area (Å²) in [5.41, 5.74) is 2.78. The lowest BCUT2D eigenvalue weighted by atomic mass is 10.1. The van der Waals surface area contributed by atoms with Crippen molar-refractivity contribution >= 4 is 32.2 Å². The molecule has 0 unspecified atom stereocenters. The number of carbonyl (C=O) groups excluding carboxylic acids is 1. The minimum atomic E-state index is -3.82. The van der Waals surface area contributed by atoms with Crippen LogP contribution in [0.1, 0.15) is 17.7 Å². The van der Waals surface area contributed by atoms with E-state index in [2.05, 4.69) is 10.5 Å². The average Bonchev–Trinajstić information content (AvgIpc) is 3.16. The predicted octanol–water partition coefficient (Wildman–Crippen LogP) is 4.92. The van der Waals surface area contributed by atoms with Crippen molar-refractivity contribution in [3.05, 3.63) is 71.9 Å². The third kappa shape index (κ3) is 4.61. The molecule has 0 saturated heterocycles. The monoisotopic (exact) mass is 464 g/mol. The molecule has 1 N–H and O–H groups in total. The molecule has 7 nitrogen and oxygen atoms in total. The quantitative estimate of drug-likeness (QED) is 0.417. The fourth-order valence-corrected chi connectivity index (χ4v) is 5.07. The van der Waals surface area contributed by atoms with Crippen LogP contribution < -0.4 is 10.1 Å². The molecule has 1 amide bonds. The van der Waals surface area contributed by atoms with Gasteiger partial charge in [-0.3, -0.25) is 4.79 Å². The summed E-state index contributed by atoms with van der Waals surface area (Å²) in [6.07, 6.45) is -0.195. The van der Waals surface area contributed by atoms with Crippen LogP contribution in [-0.4, -0.2) is 32.3 Å². The molecule has 1 heterocycles. The first-order valence-corrected chi connectivity index (χ1v) is 12.1. The van der Waals surface area contributed by atoms with E-state index in [1.807, 2.05) is 50.2 Å². The van der Waals surface area contributed by atoms with Crippen molar-refractivity contribution in [1.82, 2.24) is 5.16 Å². The molecule has 0 radical (unpaired) electrons. The van der Waals surface area contributed by atoms with E-state index in [0.29, 0.717) is 17.0 Å². The Morgan fingerprint density at radius 2 is 1.82 bits per heavy atom. The number of nitrogens with zero attached hydrogens (tertiary/aromatic N) is 1. The van der Waals surface area contributed by atoms with E-state index in [0.717, 1.165) is 22.0 Å². The molecule has 33 heavy (non-hydrogen) atoms. The maximum atomic E-state index is 13.1. The molecule has 4 rings (SSSR count). The topological polar surface area (TPSA) is 98.5 Å². The Bertz CT molecular complexity index is 1440. The molecule has 0 aliphatic carbocycles. The van der Waals surface area contributed by atoms with Crippen molar-refractivity contribution in [3.63, 3.8) is 0 Å². The number of methoxy groups -OCH3 is 1. The van der Waals surface area contributed by atoms with E-state index in [9.17, 15) is 13.2 Å². The Morgan fingerprint density at radius 3 is 2.55 bits per heavy atom. The second-order valence-corrected chi connectivity index (χ2v) is 9.81. The normalized spacial score (nSPS) is 11.5. The largest absolute Gasteiger partial charge is 0.495 e. The number of carbonyl (C=O) groups is 1. The van der Waals surface area contributed by atoms with Gasteiger partial charge in [0.25, 0.3) is 0 Å². The summed E-state index contributed by atoms with van der Waals surface area (Å²) < 4.78 is 37.0. The first kappa shape index (κ1) is 22.5. The highest BCUT2D eigenvalue weighted by Gasteiger charge is 2.23. The van der Waals surface area contributed by atoms with Crippen molar-refractivity contribution in [1.29, 1.82) is 0 Å². The molecule has 1 aromatic heterocycles. The number of aryl methyl sites for hydroxylation is 1. The number of ether oxygens (including phenoxy) is 1. The van der Waals surface area contributed by atoms with E-state index in [4.69, 9.17) is 9.26 Å². The summed E-state index contributed by atoms with van der Waals surface area (Å²) in [6, 6.07) is 18.1. The smallest absolute Gasteiger partial charge is 0.225 e. The van der Waals surface area contributed by atoms with Crippen LogP contribution in [0.15, 0.2) is 70.1 Å². The van der Waals surface area contributed by atoms with Crippen LogP contribution in [-0.2, 0) is 14.6 Å². The number of anilines is 1. The zero-order chi connectivity index (χ0) is 23.6. The van der Waals surface area contributed by atoms with Gasteiger partial charge in [0.1, 0.15) is 10.6 Å². The summed E-state index contributed by atoms with van der Waals surface area (Å²) in [6.45, 7) is 3.68. The summed E-state index contributed by atoms with van der Waals surface area (Å²) in [5, 5.41) is 8.65. The van der Waals surface area contributed by atoms with Crippen LogP contribution in [0.4, 0.5) is 5.69 Å². The van der Waals surface area contributed by atoms with Crippen LogP contribution in [0.2, 0.25) is 0 Å². The van der Waals surface area contributed by atoms with Gasteiger partial charge in [-0.1, -0.05) is 41.6 Å². The average molecular weight is 465 g/mol. The number of fused-ring (bicyclic) bond motifs is 1. The third-order valence-electron chi connectivity index (χ3n) is 5.58. The fourth-order valence-electron chi connectivity index (χ4n) is 3.63. The van der Waals surface area contributed by atoms with E-state index >= 15 is 0 Å². The number of aromatic nitrogens is 1. The minimum Gasteiger partial charge on any atom is -0.495 e. The predicted molar refractivity (Wildman–Crippen MR) is 127 cm³/mol. The van der Waals surface area contributed by atoms with Crippen molar-refractivity contribution in [2.24, 2.45) is 0 Å². The van der Waals surface area contributed by atoms with Gasteiger partial charge in [-0.15, -0.1) is 0 Å². The number of rotatable bonds is 7. The second-order valence-electron chi connectivity index (χ2n) is 7.73. The Labute approximate surface area is 192 Å². The number of benzene rings is 3. The molecule has 0 spiro atoms. The highest BCUT2D eigenvalue weighted by atomic mass is 32.2. The van der Waals surface area contributed by atoms with E-state index in [1.54, 1.807) is 18.2 Å². The van der Waals surface area contributed by atoms with Gasteiger partial charge in [-0.2, -0.15) is 0 Å². The van der Waals surface area contributed by atoms with Gasteiger partial charge in [0.2, 0.25) is 5.91 Å². The molecule has 4 aromatic rings. The van der Waals surface area contributed by atoms with Gasteiger partial charge >= 0.3 is 0 Å². The highest BCUT2D eigenvalue weighted by molar-refractivity contribution is 7.91. The van der Waals surface area contributed by atoms with Crippen LogP contribution >= 0.6 is 0 Å². The van der Waals surface area contributed by atoms with Crippen molar-refractivity contribution in [2.75, 3.05) is 18.2 Å². The Morgan fingerprint density at radius 1 is 1.06 bits per heavy atom. The molecule has 170 valence electrons. The van der Waals surface area contributed by atoms with Gasteiger partial charge < -0.3 is 14.6 Å². The molecule has 0 saturated carbocycles. The Kier molecular flexibility index (Phi) is 6.20. The van der Waals surface area contributed by atoms with Gasteiger partial charge in [0, 0.05) is 28.6 Å². The van der Waals surface area contributed by atoms with Gasteiger partial charge in [0.15, 0.2) is 15.6 Å². The lowest BCUT2D eigenvalue weighted by Crippen LogP contribution is -2.18. The molecular formula is C25H24N2O5S. The fraction of sp³-hybridized carbons (Fsp3) is 0.200. The summed E-state index contributed by atoms with van der Waals surface area (Å²) in [5.74, 6) is -0.0353. The number of amides is 1. The van der Waals surface area contributed by atoms with E-state index in [-0.39, 0.29) is 28.7 Å². The molecular weight excluding hydrogens is 440 g/mol. The number of sulfone groups is 1. The first-order chi connectivity index (χ1) is 15.8. The van der Waals surface area contributed by atoms with Gasteiger partial charge in [0.05, 0.1) is 18.6 Å². The maximum absolute atomic E-state index is 13.1. The van der Waals surface area contributed by atoms with Crippen LogP contribution in [0, 0.1) is 13.8 Å². The number of nitrogens with one attached hydrogen (secondary N) is 1. The summed E-state index contributed by atoms with van der Waals surface area (Å²) in [4.78, 5) is 12.6. The molecule has 0 aliphatic rings. The summed E-state index contributed by atoms with van der Waals surface area (Å²) >= 11 is 0. The van der Waals surface area contributed by atoms with Crippen LogP contribution in [0.25, 0.3) is 22.1 Å². The van der Waals surface area contributed by atoms with Crippen molar-refractivity contribution in [2.45, 2.75) is 25.2 Å². The lowest BCUT2D eigenvalue weighted by molar-refractivity contribution is -0.115. The number of hydrogen-bond acceptors (Lipinski definition) is 6. The molecule has 0 fully saturated rings. The second kappa shape index (κ2) is 9.07.